The summed E-state index contributed by atoms with van der Waals surface area (Å²) in [6.07, 6.45) is 2.42. The van der Waals surface area contributed by atoms with Crippen LogP contribution in [0.3, 0.4) is 0 Å². The minimum atomic E-state index is 0. The maximum absolute atomic E-state index is 5.12. The van der Waals surface area contributed by atoms with Crippen LogP contribution in [0.15, 0.2) is 29.3 Å². The van der Waals surface area contributed by atoms with Gasteiger partial charge >= 0.3 is 0 Å². The Morgan fingerprint density at radius 2 is 1.78 bits per heavy atom. The third kappa shape index (κ3) is 10.5. The molecule has 0 fully saturated rings. The summed E-state index contributed by atoms with van der Waals surface area (Å²) < 4.78 is 5.12. The Kier molecular flexibility index (Phi) is 13.1. The van der Waals surface area contributed by atoms with E-state index in [1.807, 2.05) is 0 Å². The standard InChI is InChI=1S/C18H31N3O.HI/c1-5-19-18(20-12-6-7-15(2)3)21-13-16-8-10-17(11-9-16)14-22-4;/h8-11,15H,5-7,12-14H2,1-4H3,(H2,19,20,21);1H. The highest BCUT2D eigenvalue weighted by Gasteiger charge is 1.99. The summed E-state index contributed by atoms with van der Waals surface area (Å²) in [7, 11) is 1.71. The molecule has 0 saturated heterocycles. The van der Waals surface area contributed by atoms with Gasteiger partial charge in [0.05, 0.1) is 13.2 Å². The second-order valence-corrected chi connectivity index (χ2v) is 5.91. The van der Waals surface area contributed by atoms with Crippen LogP contribution in [0.4, 0.5) is 0 Å². The number of halogens is 1. The van der Waals surface area contributed by atoms with E-state index in [0.717, 1.165) is 25.0 Å². The number of nitrogens with one attached hydrogen (secondary N) is 2. The molecule has 0 aliphatic rings. The lowest BCUT2D eigenvalue weighted by atomic mass is 10.1. The van der Waals surface area contributed by atoms with Crippen molar-refractivity contribution in [3.05, 3.63) is 35.4 Å². The lowest BCUT2D eigenvalue weighted by molar-refractivity contribution is 0.185. The second-order valence-electron chi connectivity index (χ2n) is 5.91. The molecule has 5 heteroatoms. The third-order valence-electron chi connectivity index (χ3n) is 3.35. The van der Waals surface area contributed by atoms with E-state index in [0.29, 0.717) is 13.2 Å². The van der Waals surface area contributed by atoms with Crippen LogP contribution < -0.4 is 10.6 Å². The van der Waals surface area contributed by atoms with Gasteiger partial charge in [0.2, 0.25) is 0 Å². The predicted molar refractivity (Wildman–Crippen MR) is 109 cm³/mol. The number of hydrogen-bond donors (Lipinski definition) is 2. The van der Waals surface area contributed by atoms with Crippen LogP contribution in [0.25, 0.3) is 0 Å². The van der Waals surface area contributed by atoms with Crippen LogP contribution in [0.1, 0.15) is 44.7 Å². The molecule has 1 aromatic rings. The SMILES string of the molecule is CCNC(=NCc1ccc(COC)cc1)NCCCC(C)C.I. The first-order valence-electron chi connectivity index (χ1n) is 8.24. The molecule has 132 valence electrons. The number of benzene rings is 1. The normalized spacial score (nSPS) is 11.3. The van der Waals surface area contributed by atoms with Gasteiger partial charge in [-0.05, 0) is 36.8 Å². The van der Waals surface area contributed by atoms with Crippen LogP contribution >= 0.6 is 24.0 Å². The first-order valence-corrected chi connectivity index (χ1v) is 8.24. The maximum Gasteiger partial charge on any atom is 0.191 e. The zero-order valence-electron chi connectivity index (χ0n) is 14.9. The largest absolute Gasteiger partial charge is 0.380 e. The molecular weight excluding hydrogens is 401 g/mol. The van der Waals surface area contributed by atoms with Crippen molar-refractivity contribution in [2.75, 3.05) is 20.2 Å². The fourth-order valence-corrected chi connectivity index (χ4v) is 2.14. The summed E-state index contributed by atoms with van der Waals surface area (Å²) in [4.78, 5) is 4.64. The molecule has 0 aromatic heterocycles. The predicted octanol–water partition coefficient (Wildman–Crippen LogP) is 3.94. The molecule has 0 amide bonds. The quantitative estimate of drug-likeness (QED) is 0.268. The van der Waals surface area contributed by atoms with E-state index in [-0.39, 0.29) is 24.0 Å². The van der Waals surface area contributed by atoms with Crippen molar-refractivity contribution in [1.29, 1.82) is 0 Å². The average molecular weight is 433 g/mol. The van der Waals surface area contributed by atoms with Crippen molar-refractivity contribution in [3.63, 3.8) is 0 Å². The number of methoxy groups -OCH3 is 1. The molecule has 0 aliphatic heterocycles. The Morgan fingerprint density at radius 3 is 2.35 bits per heavy atom. The van der Waals surface area contributed by atoms with Gasteiger partial charge in [-0.2, -0.15) is 0 Å². The van der Waals surface area contributed by atoms with Gasteiger partial charge in [0.25, 0.3) is 0 Å². The molecule has 0 atom stereocenters. The van der Waals surface area contributed by atoms with Gasteiger partial charge in [-0.3, -0.25) is 0 Å². The zero-order chi connectivity index (χ0) is 16.2. The van der Waals surface area contributed by atoms with Crippen molar-refractivity contribution in [3.8, 4) is 0 Å². The summed E-state index contributed by atoms with van der Waals surface area (Å²) in [5, 5.41) is 6.69. The van der Waals surface area contributed by atoms with Gasteiger partial charge in [0.1, 0.15) is 0 Å². The fraction of sp³-hybridized carbons (Fsp3) is 0.611. The van der Waals surface area contributed by atoms with Crippen molar-refractivity contribution >= 4 is 29.9 Å². The van der Waals surface area contributed by atoms with E-state index < -0.39 is 0 Å². The minimum absolute atomic E-state index is 0. The molecule has 0 radical (unpaired) electrons. The molecule has 2 N–H and O–H groups in total. The van der Waals surface area contributed by atoms with E-state index in [1.54, 1.807) is 7.11 Å². The summed E-state index contributed by atoms with van der Waals surface area (Å²) in [5.74, 6) is 1.65. The minimum Gasteiger partial charge on any atom is -0.380 e. The molecule has 0 spiro atoms. The molecule has 0 unspecified atom stereocenters. The van der Waals surface area contributed by atoms with E-state index in [4.69, 9.17) is 4.74 Å². The number of guanidine groups is 1. The van der Waals surface area contributed by atoms with E-state index in [1.165, 1.54) is 24.0 Å². The van der Waals surface area contributed by atoms with E-state index in [2.05, 4.69) is 60.7 Å². The van der Waals surface area contributed by atoms with Crippen molar-refractivity contribution in [2.24, 2.45) is 10.9 Å². The Balaban J connectivity index is 0.00000484. The van der Waals surface area contributed by atoms with Gasteiger partial charge in [0.15, 0.2) is 5.96 Å². The second kappa shape index (κ2) is 13.6. The molecule has 0 saturated carbocycles. The fourth-order valence-electron chi connectivity index (χ4n) is 2.14. The topological polar surface area (TPSA) is 45.7 Å². The molecular formula is C18H32IN3O. The first-order chi connectivity index (χ1) is 10.7. The number of hydrogen-bond acceptors (Lipinski definition) is 2. The molecule has 1 aromatic carbocycles. The highest BCUT2D eigenvalue weighted by atomic mass is 127. The van der Waals surface area contributed by atoms with Gasteiger partial charge in [-0.15, -0.1) is 24.0 Å². The molecule has 0 bridgehead atoms. The van der Waals surface area contributed by atoms with Gasteiger partial charge < -0.3 is 15.4 Å². The van der Waals surface area contributed by atoms with E-state index >= 15 is 0 Å². The van der Waals surface area contributed by atoms with Gasteiger partial charge in [0, 0.05) is 20.2 Å². The van der Waals surface area contributed by atoms with Crippen molar-refractivity contribution in [2.45, 2.75) is 46.8 Å². The van der Waals surface area contributed by atoms with Crippen LogP contribution in [0.2, 0.25) is 0 Å². The van der Waals surface area contributed by atoms with E-state index in [9.17, 15) is 0 Å². The number of aliphatic imine (C=N–C) groups is 1. The lowest BCUT2D eigenvalue weighted by Gasteiger charge is -2.12. The molecule has 23 heavy (non-hydrogen) atoms. The van der Waals surface area contributed by atoms with Crippen molar-refractivity contribution < 1.29 is 4.74 Å². The van der Waals surface area contributed by atoms with Crippen molar-refractivity contribution in [1.82, 2.24) is 10.6 Å². The Bertz CT molecular complexity index is 432. The van der Waals surface area contributed by atoms with Crippen LogP contribution in [0.5, 0.6) is 0 Å². The summed E-state index contributed by atoms with van der Waals surface area (Å²) >= 11 is 0. The highest BCUT2D eigenvalue weighted by Crippen LogP contribution is 2.06. The monoisotopic (exact) mass is 433 g/mol. The number of ether oxygens (including phenoxy) is 1. The van der Waals surface area contributed by atoms with Crippen LogP contribution in [0, 0.1) is 5.92 Å². The van der Waals surface area contributed by atoms with Gasteiger partial charge in [-0.25, -0.2) is 4.99 Å². The Labute approximate surface area is 158 Å². The molecule has 1 rings (SSSR count). The molecule has 4 nitrogen and oxygen atoms in total. The average Bonchev–Trinajstić information content (AvgIpc) is 2.50. The van der Waals surface area contributed by atoms with Gasteiger partial charge in [-0.1, -0.05) is 38.1 Å². The smallest absolute Gasteiger partial charge is 0.191 e. The summed E-state index contributed by atoms with van der Waals surface area (Å²) in [5.41, 5.74) is 2.40. The third-order valence-corrected chi connectivity index (χ3v) is 3.35. The maximum atomic E-state index is 5.12. The Morgan fingerprint density at radius 1 is 1.13 bits per heavy atom. The Hall–Kier alpha value is -0.820. The zero-order valence-corrected chi connectivity index (χ0v) is 17.2. The molecule has 0 aliphatic carbocycles. The lowest BCUT2D eigenvalue weighted by Crippen LogP contribution is -2.37. The number of nitrogens with zero attached hydrogens (tertiary/aromatic N) is 1. The van der Waals surface area contributed by atoms with Crippen LogP contribution in [-0.2, 0) is 17.9 Å². The highest BCUT2D eigenvalue weighted by molar-refractivity contribution is 14.0. The first kappa shape index (κ1) is 22.2. The summed E-state index contributed by atoms with van der Waals surface area (Å²) in [6, 6.07) is 8.41. The van der Waals surface area contributed by atoms with Crippen LogP contribution in [-0.4, -0.2) is 26.2 Å². The summed E-state index contributed by atoms with van der Waals surface area (Å²) in [6.45, 7) is 9.79. The number of rotatable bonds is 9. The molecule has 0 heterocycles.